The van der Waals surface area contributed by atoms with Gasteiger partial charge in [-0.3, -0.25) is 0 Å². The third-order valence-electron chi connectivity index (χ3n) is 3.54. The number of hydrogen-bond donors (Lipinski definition) is 2. The Morgan fingerprint density at radius 1 is 1.38 bits per heavy atom. The molecular formula is C17H23Cl2NO3S. The van der Waals surface area contributed by atoms with E-state index in [2.05, 4.69) is 5.32 Å². The minimum absolute atomic E-state index is 0. The number of halogens is 2. The largest absolute Gasteiger partial charge is 0.493 e. The van der Waals surface area contributed by atoms with E-state index in [1.54, 1.807) is 18.4 Å². The van der Waals surface area contributed by atoms with Crippen molar-refractivity contribution in [2.75, 3.05) is 13.7 Å². The summed E-state index contributed by atoms with van der Waals surface area (Å²) in [5, 5.41) is 15.1. The van der Waals surface area contributed by atoms with Gasteiger partial charge in [-0.15, -0.1) is 23.7 Å². The van der Waals surface area contributed by atoms with Gasteiger partial charge in [-0.2, -0.15) is 0 Å². The zero-order chi connectivity index (χ0) is 16.7. The molecule has 0 aliphatic heterocycles. The standard InChI is InChI=1S/C17H22ClNO3S.ClH/c1-3-13(10-20)19-9-12-7-15(18)17(16(8-12)21-2)22-11-14-5-4-6-23-14;/h4-8,13,19-20H,3,9-11H2,1-2H3;1H. The molecule has 0 bridgehead atoms. The van der Waals surface area contributed by atoms with Crippen LogP contribution in [-0.4, -0.2) is 24.9 Å². The zero-order valence-corrected chi connectivity index (χ0v) is 16.1. The molecule has 24 heavy (non-hydrogen) atoms. The monoisotopic (exact) mass is 391 g/mol. The maximum atomic E-state index is 9.23. The summed E-state index contributed by atoms with van der Waals surface area (Å²) in [4.78, 5) is 1.13. The molecule has 0 amide bonds. The number of nitrogens with one attached hydrogen (secondary N) is 1. The highest BCUT2D eigenvalue weighted by Gasteiger charge is 2.13. The van der Waals surface area contributed by atoms with Crippen molar-refractivity contribution in [3.05, 3.63) is 45.1 Å². The van der Waals surface area contributed by atoms with E-state index in [4.69, 9.17) is 21.1 Å². The van der Waals surface area contributed by atoms with E-state index in [1.165, 1.54) is 0 Å². The number of thiophene rings is 1. The van der Waals surface area contributed by atoms with Gasteiger partial charge in [0.2, 0.25) is 0 Å². The molecule has 0 saturated carbocycles. The lowest BCUT2D eigenvalue weighted by atomic mass is 10.1. The first kappa shape index (κ1) is 21.1. The van der Waals surface area contributed by atoms with E-state index in [9.17, 15) is 5.11 Å². The first-order valence-corrected chi connectivity index (χ1v) is 8.79. The summed E-state index contributed by atoms with van der Waals surface area (Å²) >= 11 is 8.00. The van der Waals surface area contributed by atoms with Gasteiger partial charge < -0.3 is 19.9 Å². The van der Waals surface area contributed by atoms with Crippen LogP contribution in [0.15, 0.2) is 29.6 Å². The van der Waals surface area contributed by atoms with E-state index in [0.717, 1.165) is 16.9 Å². The Morgan fingerprint density at radius 3 is 2.75 bits per heavy atom. The normalized spacial score (nSPS) is 11.7. The van der Waals surface area contributed by atoms with Crippen molar-refractivity contribution >= 4 is 35.3 Å². The molecule has 0 spiro atoms. The molecule has 1 atom stereocenters. The predicted molar refractivity (Wildman–Crippen MR) is 102 cm³/mol. The van der Waals surface area contributed by atoms with Gasteiger partial charge in [-0.05, 0) is 35.6 Å². The fraction of sp³-hybridized carbons (Fsp3) is 0.412. The zero-order valence-electron chi connectivity index (χ0n) is 13.8. The van der Waals surface area contributed by atoms with Crippen LogP contribution >= 0.6 is 35.3 Å². The molecule has 1 unspecified atom stereocenters. The molecular weight excluding hydrogens is 369 g/mol. The third kappa shape index (κ3) is 5.83. The second kappa shape index (κ2) is 10.8. The lowest BCUT2D eigenvalue weighted by Crippen LogP contribution is -2.31. The molecule has 1 aromatic carbocycles. The number of rotatable bonds is 9. The van der Waals surface area contributed by atoms with Gasteiger partial charge in [-0.25, -0.2) is 0 Å². The van der Waals surface area contributed by atoms with Crippen LogP contribution in [-0.2, 0) is 13.2 Å². The Bertz CT molecular complexity index is 604. The molecule has 0 radical (unpaired) electrons. The third-order valence-corrected chi connectivity index (χ3v) is 4.67. The van der Waals surface area contributed by atoms with Crippen molar-refractivity contribution in [3.8, 4) is 11.5 Å². The van der Waals surface area contributed by atoms with Crippen molar-refractivity contribution < 1.29 is 14.6 Å². The van der Waals surface area contributed by atoms with Crippen molar-refractivity contribution in [2.45, 2.75) is 32.5 Å². The number of aliphatic hydroxyl groups excluding tert-OH is 1. The summed E-state index contributed by atoms with van der Waals surface area (Å²) in [7, 11) is 1.60. The van der Waals surface area contributed by atoms with Crippen LogP contribution in [0.5, 0.6) is 11.5 Å². The van der Waals surface area contributed by atoms with Crippen LogP contribution < -0.4 is 14.8 Å². The smallest absolute Gasteiger partial charge is 0.180 e. The topological polar surface area (TPSA) is 50.7 Å². The Labute approximate surface area is 158 Å². The Morgan fingerprint density at radius 2 is 2.17 bits per heavy atom. The molecule has 2 rings (SSSR count). The highest BCUT2D eigenvalue weighted by Crippen LogP contribution is 2.37. The quantitative estimate of drug-likeness (QED) is 0.669. The van der Waals surface area contributed by atoms with E-state index < -0.39 is 0 Å². The van der Waals surface area contributed by atoms with Crippen molar-refractivity contribution in [2.24, 2.45) is 0 Å². The molecule has 2 aromatic rings. The van der Waals surface area contributed by atoms with Crippen LogP contribution in [0.1, 0.15) is 23.8 Å². The molecule has 2 N–H and O–H groups in total. The van der Waals surface area contributed by atoms with Crippen LogP contribution in [0, 0.1) is 0 Å². The molecule has 1 aromatic heterocycles. The SMILES string of the molecule is CCC(CO)NCc1cc(Cl)c(OCc2cccs2)c(OC)c1.Cl. The highest BCUT2D eigenvalue weighted by molar-refractivity contribution is 7.09. The molecule has 0 saturated heterocycles. The van der Waals surface area contributed by atoms with Gasteiger partial charge in [0, 0.05) is 17.5 Å². The lowest BCUT2D eigenvalue weighted by molar-refractivity contribution is 0.238. The number of aliphatic hydroxyl groups is 1. The van der Waals surface area contributed by atoms with E-state index in [1.807, 2.05) is 36.6 Å². The summed E-state index contributed by atoms with van der Waals surface area (Å²) < 4.78 is 11.2. The Balaban J connectivity index is 0.00000288. The van der Waals surface area contributed by atoms with Crippen LogP contribution in [0.4, 0.5) is 0 Å². The van der Waals surface area contributed by atoms with Gasteiger partial charge in [0.25, 0.3) is 0 Å². The minimum Gasteiger partial charge on any atom is -0.493 e. The van der Waals surface area contributed by atoms with Crippen LogP contribution in [0.2, 0.25) is 5.02 Å². The summed E-state index contributed by atoms with van der Waals surface area (Å²) in [6.45, 7) is 3.22. The fourth-order valence-corrected chi connectivity index (χ4v) is 3.06. The van der Waals surface area contributed by atoms with Crippen molar-refractivity contribution in [1.29, 1.82) is 0 Å². The average Bonchev–Trinajstić information content (AvgIpc) is 3.07. The average molecular weight is 392 g/mol. The van der Waals surface area contributed by atoms with Crippen molar-refractivity contribution in [1.82, 2.24) is 5.32 Å². The predicted octanol–water partition coefficient (Wildman–Crippen LogP) is 4.27. The molecule has 0 aliphatic carbocycles. The summed E-state index contributed by atoms with van der Waals surface area (Å²) in [6.07, 6.45) is 0.864. The minimum atomic E-state index is 0. The lowest BCUT2D eigenvalue weighted by Gasteiger charge is -2.16. The van der Waals surface area contributed by atoms with Crippen LogP contribution in [0.25, 0.3) is 0 Å². The molecule has 134 valence electrons. The van der Waals surface area contributed by atoms with E-state index in [0.29, 0.717) is 29.7 Å². The summed E-state index contributed by atoms with van der Waals surface area (Å²) in [6, 6.07) is 7.86. The first-order valence-electron chi connectivity index (χ1n) is 7.53. The summed E-state index contributed by atoms with van der Waals surface area (Å²) in [5.74, 6) is 1.17. The van der Waals surface area contributed by atoms with Gasteiger partial charge >= 0.3 is 0 Å². The highest BCUT2D eigenvalue weighted by atomic mass is 35.5. The number of benzene rings is 1. The molecule has 4 nitrogen and oxygen atoms in total. The van der Waals surface area contributed by atoms with Gasteiger partial charge in [0.05, 0.1) is 18.7 Å². The fourth-order valence-electron chi connectivity index (χ4n) is 2.15. The van der Waals surface area contributed by atoms with E-state index >= 15 is 0 Å². The second-order valence-electron chi connectivity index (χ2n) is 5.15. The molecule has 1 heterocycles. The number of ether oxygens (including phenoxy) is 2. The Kier molecular flexibility index (Phi) is 9.48. The second-order valence-corrected chi connectivity index (χ2v) is 6.59. The van der Waals surface area contributed by atoms with Gasteiger partial charge in [-0.1, -0.05) is 24.6 Å². The molecule has 0 aliphatic rings. The van der Waals surface area contributed by atoms with Crippen LogP contribution in [0.3, 0.4) is 0 Å². The van der Waals surface area contributed by atoms with E-state index in [-0.39, 0.29) is 25.1 Å². The summed E-state index contributed by atoms with van der Waals surface area (Å²) in [5.41, 5.74) is 0.988. The Hall–Kier alpha value is -0.980. The first-order chi connectivity index (χ1) is 11.2. The number of hydrogen-bond acceptors (Lipinski definition) is 5. The maximum Gasteiger partial charge on any atom is 0.180 e. The molecule has 0 fully saturated rings. The van der Waals surface area contributed by atoms with Gasteiger partial charge in [0.1, 0.15) is 6.61 Å². The maximum absolute atomic E-state index is 9.23. The van der Waals surface area contributed by atoms with Gasteiger partial charge in [0.15, 0.2) is 11.5 Å². The van der Waals surface area contributed by atoms with Crippen molar-refractivity contribution in [3.63, 3.8) is 0 Å². The molecule has 7 heteroatoms. The number of methoxy groups -OCH3 is 1.